The highest BCUT2D eigenvalue weighted by Gasteiger charge is 2.69. The molecule has 24 heteroatoms. The second-order valence-electron chi connectivity index (χ2n) is 26.9. The minimum atomic E-state index is -2.18. The summed E-state index contributed by atoms with van der Waals surface area (Å²) in [4.78, 5) is 14.5. The monoisotopic (exact) mass is 1150 g/mol. The Labute approximate surface area is 471 Å². The van der Waals surface area contributed by atoms with E-state index in [4.69, 9.17) is 89.3 Å². The highest BCUT2D eigenvalue weighted by atomic mass is 16.8. The van der Waals surface area contributed by atoms with Gasteiger partial charge >= 0.3 is 5.97 Å². The van der Waals surface area contributed by atoms with Gasteiger partial charge in [-0.25, -0.2) is 0 Å². The van der Waals surface area contributed by atoms with Gasteiger partial charge in [0.05, 0.1) is 135 Å². The average molecular weight is 1150 g/mol. The summed E-state index contributed by atoms with van der Waals surface area (Å²) in [6.45, 7) is 10.3. The van der Waals surface area contributed by atoms with Crippen LogP contribution in [0.2, 0.25) is 0 Å². The number of hydrogen-bond acceptors (Lipinski definition) is 24. The molecule has 0 aliphatic carbocycles. The second kappa shape index (κ2) is 21.2. The maximum absolute atomic E-state index is 14.5. The third-order valence-electron chi connectivity index (χ3n) is 21.1. The number of hydrogen-bond donors (Lipinski definition) is 9. The lowest BCUT2D eigenvalue weighted by atomic mass is 9.79. The molecule has 14 fully saturated rings. The van der Waals surface area contributed by atoms with Crippen LogP contribution in [0.1, 0.15) is 122 Å². The van der Waals surface area contributed by atoms with Crippen LogP contribution < -0.4 is 22.9 Å². The van der Waals surface area contributed by atoms with E-state index in [2.05, 4.69) is 13.2 Å². The zero-order valence-electron chi connectivity index (χ0n) is 46.2. The lowest BCUT2D eigenvalue weighted by Crippen LogP contribution is -2.67. The molecule has 14 rings (SSSR count). The first kappa shape index (κ1) is 56.9. The fraction of sp³-hybridized carbons (Fsp3) is 0.912. The summed E-state index contributed by atoms with van der Waals surface area (Å²) in [5.74, 6) is -6.62. The van der Waals surface area contributed by atoms with Crippen LogP contribution in [0.4, 0.5) is 0 Å². The first-order chi connectivity index (χ1) is 38.6. The predicted molar refractivity (Wildman–Crippen MR) is 277 cm³/mol. The van der Waals surface area contributed by atoms with Crippen molar-refractivity contribution >= 4 is 5.97 Å². The van der Waals surface area contributed by atoms with Crippen LogP contribution in [0.25, 0.3) is 0 Å². The molecule has 10 bridgehead atoms. The van der Waals surface area contributed by atoms with E-state index in [0.29, 0.717) is 89.9 Å². The molecule has 0 saturated carbocycles. The summed E-state index contributed by atoms with van der Waals surface area (Å²) in [7, 11) is 0. The number of carbonyl (C=O) groups is 1. The molecule has 24 nitrogen and oxygen atoms in total. The lowest BCUT2D eigenvalue weighted by molar-refractivity contribution is -0.336. The number of ether oxygens (including phenoxy) is 14. The number of esters is 1. The van der Waals surface area contributed by atoms with Gasteiger partial charge in [0, 0.05) is 81.8 Å². The van der Waals surface area contributed by atoms with Crippen molar-refractivity contribution in [2.24, 2.45) is 28.9 Å². The Morgan fingerprint density at radius 2 is 1.27 bits per heavy atom. The molecule has 0 radical (unpaired) electrons. The van der Waals surface area contributed by atoms with E-state index in [-0.39, 0.29) is 56.0 Å². The molecule has 0 amide bonds. The molecular weight excluding hydrogens is 1060 g/mol. The van der Waals surface area contributed by atoms with Crippen LogP contribution in [-0.4, -0.2) is 226 Å². The third kappa shape index (κ3) is 10.2. The quantitative estimate of drug-likeness (QED) is 0.0949. The summed E-state index contributed by atoms with van der Waals surface area (Å²) < 4.78 is 94.5. The van der Waals surface area contributed by atoms with Crippen LogP contribution in [0.15, 0.2) is 24.3 Å². The maximum Gasteiger partial charge on any atom is 0.308 e. The molecule has 81 heavy (non-hydrogen) atoms. The molecule has 13 N–H and O–H groups in total. The number of rotatable bonds is 4. The van der Waals surface area contributed by atoms with Gasteiger partial charge in [0.2, 0.25) is 0 Å². The summed E-state index contributed by atoms with van der Waals surface area (Å²) >= 11 is 0. The molecule has 0 aromatic heterocycles. The topological polar surface area (TPSA) is 352 Å². The van der Waals surface area contributed by atoms with Crippen molar-refractivity contribution < 1.29 is 96.6 Å². The Balaban J connectivity index is 0.688. The van der Waals surface area contributed by atoms with Gasteiger partial charge in [0.25, 0.3) is 0 Å². The Morgan fingerprint density at radius 1 is 0.580 bits per heavy atom. The number of aliphatic hydroxyl groups is 5. The van der Waals surface area contributed by atoms with Crippen LogP contribution >= 0.6 is 0 Å². The molecule has 1 unspecified atom stereocenters. The summed E-state index contributed by atoms with van der Waals surface area (Å²) in [5.41, 5.74) is 29.6. The Hall–Kier alpha value is -1.93. The first-order valence-corrected chi connectivity index (χ1v) is 30.3. The van der Waals surface area contributed by atoms with Gasteiger partial charge in [0.15, 0.2) is 23.1 Å². The van der Waals surface area contributed by atoms with E-state index in [1.54, 1.807) is 0 Å². The van der Waals surface area contributed by atoms with Crippen LogP contribution in [0, 0.1) is 5.92 Å². The van der Waals surface area contributed by atoms with Gasteiger partial charge < -0.3 is 115 Å². The van der Waals surface area contributed by atoms with Gasteiger partial charge in [-0.15, -0.1) is 0 Å². The number of carbonyl (C=O) groups excluding carboxylic acids is 1. The number of aliphatic hydroxyl groups excluding tert-OH is 3. The first-order valence-electron chi connectivity index (χ1n) is 30.3. The zero-order valence-corrected chi connectivity index (χ0v) is 46.2. The van der Waals surface area contributed by atoms with E-state index >= 15 is 0 Å². The number of nitrogens with two attached hydrogens (primary N) is 4. The normalized spacial score (nSPS) is 55.5. The van der Waals surface area contributed by atoms with Crippen LogP contribution in [0.5, 0.6) is 0 Å². The number of fused-ring (bicyclic) bond motifs is 13. The van der Waals surface area contributed by atoms with Crippen molar-refractivity contribution in [1.82, 2.24) is 0 Å². The Kier molecular flexibility index (Phi) is 14.8. The molecule has 454 valence electrons. The smallest absolute Gasteiger partial charge is 0.308 e. The largest absolute Gasteiger partial charge is 0.458 e. The summed E-state index contributed by atoms with van der Waals surface area (Å²) in [6, 6.07) is -2.19. The minimum absolute atomic E-state index is 0.0485. The van der Waals surface area contributed by atoms with Crippen molar-refractivity contribution in [3.8, 4) is 0 Å². The molecule has 0 aromatic carbocycles. The van der Waals surface area contributed by atoms with Crippen molar-refractivity contribution in [3.63, 3.8) is 0 Å². The molecule has 14 heterocycles. The van der Waals surface area contributed by atoms with E-state index < -0.39 is 176 Å². The highest BCUT2D eigenvalue weighted by molar-refractivity contribution is 5.70. The van der Waals surface area contributed by atoms with Gasteiger partial charge in [-0.05, 0) is 56.1 Å². The van der Waals surface area contributed by atoms with Crippen molar-refractivity contribution in [1.29, 1.82) is 0 Å². The molecule has 0 aromatic rings. The van der Waals surface area contributed by atoms with E-state index in [1.807, 2.05) is 6.92 Å². The zero-order chi connectivity index (χ0) is 56.2. The van der Waals surface area contributed by atoms with Crippen molar-refractivity contribution in [2.75, 3.05) is 6.61 Å². The highest BCUT2D eigenvalue weighted by Crippen LogP contribution is 2.56. The van der Waals surface area contributed by atoms with Gasteiger partial charge in [0.1, 0.15) is 30.5 Å². The second-order valence-corrected chi connectivity index (χ2v) is 26.9. The van der Waals surface area contributed by atoms with Gasteiger partial charge in [-0.3, -0.25) is 4.79 Å². The maximum atomic E-state index is 14.5. The summed E-state index contributed by atoms with van der Waals surface area (Å²) in [6.07, 6.45) is -7.29. The lowest BCUT2D eigenvalue weighted by Gasteiger charge is -2.51. The minimum Gasteiger partial charge on any atom is -0.458 e. The average Bonchev–Trinajstić information content (AvgIpc) is 4.38. The predicted octanol–water partition coefficient (Wildman–Crippen LogP) is -0.760. The molecule has 14 aliphatic rings. The van der Waals surface area contributed by atoms with Crippen molar-refractivity contribution in [2.45, 2.75) is 310 Å². The molecule has 31 atom stereocenters. The Morgan fingerprint density at radius 3 is 2.09 bits per heavy atom. The third-order valence-corrected chi connectivity index (χ3v) is 21.1. The van der Waals surface area contributed by atoms with Gasteiger partial charge in [-0.1, -0.05) is 20.1 Å². The van der Waals surface area contributed by atoms with Crippen molar-refractivity contribution in [3.05, 3.63) is 24.3 Å². The molecule has 14 saturated heterocycles. The van der Waals surface area contributed by atoms with Crippen LogP contribution in [0.3, 0.4) is 0 Å². The molecular formula is C57H86N4O20. The van der Waals surface area contributed by atoms with Gasteiger partial charge in [-0.2, -0.15) is 0 Å². The van der Waals surface area contributed by atoms with E-state index in [0.717, 1.165) is 11.1 Å². The fourth-order valence-electron chi connectivity index (χ4n) is 17.1. The standard InChI is InChI=1S/C57H86N4O20/c1-23-10-29-8-9-54-22-57(66,67)53(81-54)47-25(3)46(79-54)52-35(72-47)7-5-28(70-52)13-44(65)75-51-39(14-36-24(2)30(58)12-27(69-36)4-6-34(23)68-29)71-40-16-38-42(74-50(40)45(51)61)19-56(76-38)20-43-49(80-56)32(60)18-55(78-43)17-31(59)48-41(77-55)15-37(73-48)33(64)11-26(63)21-62/h25-43,45-53,62-64,66-67H,1-2,4-22,58-61H2,3H3/t25-,26+,27-,28+,29-,30+,31-,32-,33-,34-,35-,36+,37-,38+,39-,40-,41-,42+,43-,45-,46+,47+,48-,49-,50+,51-,52-,53?,54+,55+,56+/m0/s1. The van der Waals surface area contributed by atoms with E-state index in [1.165, 1.54) is 0 Å². The molecule has 14 aliphatic heterocycles. The summed E-state index contributed by atoms with van der Waals surface area (Å²) in [5, 5.41) is 53.1. The van der Waals surface area contributed by atoms with E-state index in [9.17, 15) is 30.3 Å². The Bertz CT molecular complexity index is 2400. The molecule has 3 spiro atoms. The van der Waals surface area contributed by atoms with Crippen LogP contribution in [-0.2, 0) is 71.1 Å². The SMILES string of the molecule is C=C1C[C@@H]2CC[C@]34CC(O)(O)C(O3)[C@@H]3O[C@H]5CC[C@H](CC(=O)O[C@@H]6[C@@H](N)[C@@H]7O[C@@H]8C[C@@]9(C[C@@H]%10O[C@]%11(C[C@H](N)[C@@H]%12O[C@H]([C@@H](O)C[C@@H](O)CO)C[C@@H]%12O%11)C[C@H](N)[C@@H]%10O9)O[C@@H]8C[C@@H]7O[C@H]6C[C@H]6O[C@@H](CC[C@@H]1O2)C[C@@H](N)C6=C)O[C@@H]5[C@H](O4)[C@@H]3C. The fourth-order valence-corrected chi connectivity index (χ4v) is 17.1.